The summed E-state index contributed by atoms with van der Waals surface area (Å²) < 4.78 is 16.0. The molecular weight excluding hydrogens is 289 g/mol. The molecule has 1 heterocycles. The lowest BCUT2D eigenvalue weighted by Crippen LogP contribution is -2.13. The normalized spacial score (nSPS) is 14.6. The Morgan fingerprint density at radius 1 is 1.43 bits per heavy atom. The lowest BCUT2D eigenvalue weighted by Gasteiger charge is -2.07. The van der Waals surface area contributed by atoms with Crippen LogP contribution >= 0.6 is 11.8 Å². The number of tetrazole rings is 1. The molecular formula is C14H18FN5S. The van der Waals surface area contributed by atoms with Crippen LogP contribution in [0.1, 0.15) is 37.8 Å². The summed E-state index contributed by atoms with van der Waals surface area (Å²) in [4.78, 5) is 0.561. The molecule has 21 heavy (non-hydrogen) atoms. The molecule has 0 saturated heterocycles. The number of nitrogens with zero attached hydrogens (tertiary/aromatic N) is 4. The highest BCUT2D eigenvalue weighted by Gasteiger charge is 2.28. The number of hydrogen-bond donors (Lipinski definition) is 1. The van der Waals surface area contributed by atoms with Crippen LogP contribution in [0.2, 0.25) is 0 Å². The fourth-order valence-corrected chi connectivity index (χ4v) is 2.89. The topological polar surface area (TPSA) is 55.6 Å². The van der Waals surface area contributed by atoms with E-state index in [0.717, 1.165) is 31.4 Å². The minimum Gasteiger partial charge on any atom is -0.313 e. The monoisotopic (exact) mass is 307 g/mol. The zero-order valence-electron chi connectivity index (χ0n) is 11.9. The van der Waals surface area contributed by atoms with Crippen LogP contribution in [0.4, 0.5) is 4.39 Å². The molecule has 1 aromatic carbocycles. The van der Waals surface area contributed by atoms with Crippen molar-refractivity contribution in [2.45, 2.75) is 48.8 Å². The second-order valence-electron chi connectivity index (χ2n) is 5.18. The molecule has 1 N–H and O–H groups in total. The molecule has 0 atom stereocenters. The summed E-state index contributed by atoms with van der Waals surface area (Å²) in [7, 11) is 0. The Hall–Kier alpha value is -1.47. The molecule has 1 fully saturated rings. The SMILES string of the molecule is CCCNCc1ccc(Sc2nnnn2C2CC2)c(F)c1. The molecule has 5 nitrogen and oxygen atoms in total. The molecule has 0 radical (unpaired) electrons. The predicted octanol–water partition coefficient (Wildman–Crippen LogP) is 2.80. The number of halogens is 1. The number of rotatable bonds is 7. The minimum atomic E-state index is -0.221. The van der Waals surface area contributed by atoms with Gasteiger partial charge in [-0.15, -0.1) is 5.10 Å². The van der Waals surface area contributed by atoms with Gasteiger partial charge in [0.15, 0.2) is 0 Å². The van der Waals surface area contributed by atoms with E-state index in [1.54, 1.807) is 16.8 Å². The number of nitrogens with one attached hydrogen (secondary N) is 1. The highest BCUT2D eigenvalue weighted by Crippen LogP contribution is 2.38. The Balaban J connectivity index is 1.69. The fraction of sp³-hybridized carbons (Fsp3) is 0.500. The third-order valence-corrected chi connectivity index (χ3v) is 4.31. The average molecular weight is 307 g/mol. The van der Waals surface area contributed by atoms with Crippen molar-refractivity contribution < 1.29 is 4.39 Å². The summed E-state index contributed by atoms with van der Waals surface area (Å²) in [5.41, 5.74) is 0.951. The third kappa shape index (κ3) is 3.59. The predicted molar refractivity (Wildman–Crippen MR) is 78.6 cm³/mol. The maximum atomic E-state index is 14.2. The number of hydrogen-bond acceptors (Lipinski definition) is 5. The molecule has 0 amide bonds. The van der Waals surface area contributed by atoms with Crippen LogP contribution in [-0.4, -0.2) is 26.8 Å². The van der Waals surface area contributed by atoms with E-state index in [9.17, 15) is 4.39 Å². The van der Waals surface area contributed by atoms with E-state index >= 15 is 0 Å². The van der Waals surface area contributed by atoms with Gasteiger partial charge in [0.25, 0.3) is 0 Å². The van der Waals surface area contributed by atoms with Crippen LogP contribution in [0.3, 0.4) is 0 Å². The molecule has 1 saturated carbocycles. The van der Waals surface area contributed by atoms with Gasteiger partial charge in [0.1, 0.15) is 5.82 Å². The van der Waals surface area contributed by atoms with E-state index in [0.29, 0.717) is 22.6 Å². The van der Waals surface area contributed by atoms with Crippen molar-refractivity contribution in [1.82, 2.24) is 25.5 Å². The Bertz CT molecular complexity index is 611. The van der Waals surface area contributed by atoms with E-state index in [1.807, 2.05) is 6.07 Å². The van der Waals surface area contributed by atoms with E-state index in [2.05, 4.69) is 27.8 Å². The molecule has 7 heteroatoms. The van der Waals surface area contributed by atoms with Crippen molar-refractivity contribution in [3.8, 4) is 0 Å². The first-order valence-corrected chi connectivity index (χ1v) is 8.04. The second kappa shape index (κ2) is 6.53. The molecule has 2 aromatic rings. The lowest BCUT2D eigenvalue weighted by atomic mass is 10.2. The molecule has 0 aliphatic heterocycles. The summed E-state index contributed by atoms with van der Waals surface area (Å²) in [5, 5.41) is 15.6. The van der Waals surface area contributed by atoms with Crippen LogP contribution in [0.15, 0.2) is 28.3 Å². The van der Waals surface area contributed by atoms with Gasteiger partial charge in [-0.1, -0.05) is 13.0 Å². The summed E-state index contributed by atoms with van der Waals surface area (Å²) in [5.74, 6) is -0.221. The Morgan fingerprint density at radius 2 is 2.29 bits per heavy atom. The van der Waals surface area contributed by atoms with Gasteiger partial charge in [0.2, 0.25) is 5.16 Å². The molecule has 3 rings (SSSR count). The van der Waals surface area contributed by atoms with Gasteiger partial charge >= 0.3 is 0 Å². The van der Waals surface area contributed by atoms with Crippen LogP contribution in [-0.2, 0) is 6.54 Å². The van der Waals surface area contributed by atoms with Gasteiger partial charge < -0.3 is 5.32 Å². The smallest absolute Gasteiger partial charge is 0.214 e. The van der Waals surface area contributed by atoms with Gasteiger partial charge in [0, 0.05) is 6.54 Å². The zero-order valence-corrected chi connectivity index (χ0v) is 12.7. The van der Waals surface area contributed by atoms with Gasteiger partial charge in [-0.05, 0) is 65.7 Å². The Kier molecular flexibility index (Phi) is 4.50. The first-order valence-electron chi connectivity index (χ1n) is 7.22. The van der Waals surface area contributed by atoms with Crippen LogP contribution in [0.5, 0.6) is 0 Å². The van der Waals surface area contributed by atoms with E-state index in [-0.39, 0.29) is 5.82 Å². The van der Waals surface area contributed by atoms with Crippen LogP contribution < -0.4 is 5.32 Å². The van der Waals surface area contributed by atoms with E-state index in [4.69, 9.17) is 0 Å². The highest BCUT2D eigenvalue weighted by atomic mass is 32.2. The third-order valence-electron chi connectivity index (χ3n) is 3.31. The van der Waals surface area contributed by atoms with Crippen molar-refractivity contribution in [3.63, 3.8) is 0 Å². The van der Waals surface area contributed by atoms with E-state index < -0.39 is 0 Å². The largest absolute Gasteiger partial charge is 0.313 e. The number of aromatic nitrogens is 4. The van der Waals surface area contributed by atoms with Crippen LogP contribution in [0, 0.1) is 5.82 Å². The molecule has 1 aliphatic carbocycles. The first-order chi connectivity index (χ1) is 10.3. The summed E-state index contributed by atoms with van der Waals surface area (Å²) >= 11 is 1.28. The van der Waals surface area contributed by atoms with Gasteiger partial charge in [-0.25, -0.2) is 9.07 Å². The quantitative estimate of drug-likeness (QED) is 0.797. The fourth-order valence-electron chi connectivity index (χ4n) is 2.05. The second-order valence-corrected chi connectivity index (χ2v) is 6.19. The van der Waals surface area contributed by atoms with Crippen molar-refractivity contribution in [2.24, 2.45) is 0 Å². The van der Waals surface area contributed by atoms with Gasteiger partial charge in [0.05, 0.1) is 10.9 Å². The van der Waals surface area contributed by atoms with Crippen molar-refractivity contribution >= 4 is 11.8 Å². The average Bonchev–Trinajstić information content (AvgIpc) is 3.22. The van der Waals surface area contributed by atoms with Gasteiger partial charge in [-0.3, -0.25) is 0 Å². The highest BCUT2D eigenvalue weighted by molar-refractivity contribution is 7.99. The van der Waals surface area contributed by atoms with Crippen molar-refractivity contribution in [3.05, 3.63) is 29.6 Å². The van der Waals surface area contributed by atoms with E-state index in [1.165, 1.54) is 11.8 Å². The minimum absolute atomic E-state index is 0.221. The zero-order chi connectivity index (χ0) is 14.7. The lowest BCUT2D eigenvalue weighted by molar-refractivity contribution is 0.563. The Morgan fingerprint density at radius 3 is 3.00 bits per heavy atom. The summed E-state index contributed by atoms with van der Waals surface area (Å²) in [6, 6.07) is 5.72. The molecule has 0 unspecified atom stereocenters. The molecule has 1 aliphatic rings. The van der Waals surface area contributed by atoms with Crippen LogP contribution in [0.25, 0.3) is 0 Å². The van der Waals surface area contributed by atoms with Gasteiger partial charge in [-0.2, -0.15) is 0 Å². The first kappa shape index (κ1) is 14.5. The standard InChI is InChI=1S/C14H18FN5S/c1-2-7-16-9-10-3-6-13(12(15)8-10)21-14-17-18-19-20(14)11-4-5-11/h3,6,8,11,16H,2,4-5,7,9H2,1H3. The molecule has 112 valence electrons. The summed E-state index contributed by atoms with van der Waals surface area (Å²) in [6.07, 6.45) is 3.27. The molecule has 0 bridgehead atoms. The molecule has 1 aromatic heterocycles. The van der Waals surface area contributed by atoms with Crippen molar-refractivity contribution in [2.75, 3.05) is 6.54 Å². The Labute approximate surface area is 127 Å². The maximum Gasteiger partial charge on any atom is 0.214 e. The molecule has 0 spiro atoms. The maximum absolute atomic E-state index is 14.2. The summed E-state index contributed by atoms with van der Waals surface area (Å²) in [6.45, 7) is 3.74. The number of benzene rings is 1. The van der Waals surface area contributed by atoms with Crippen molar-refractivity contribution in [1.29, 1.82) is 0 Å².